The van der Waals surface area contributed by atoms with E-state index in [1.54, 1.807) is 18.2 Å². The molecule has 4 rings (SSSR count). The number of anilines is 1. The van der Waals surface area contributed by atoms with Crippen molar-refractivity contribution >= 4 is 17.5 Å². The van der Waals surface area contributed by atoms with Crippen LogP contribution in [0.15, 0.2) is 48.5 Å². The molecule has 140 valence electrons. The number of rotatable bonds is 5. The molecule has 1 aliphatic heterocycles. The average molecular weight is 366 g/mol. The summed E-state index contributed by atoms with van der Waals surface area (Å²) in [6.07, 6.45) is 2.99. The predicted molar refractivity (Wildman–Crippen MR) is 102 cm³/mol. The summed E-state index contributed by atoms with van der Waals surface area (Å²) in [4.78, 5) is 27.1. The minimum atomic E-state index is -0.257. The van der Waals surface area contributed by atoms with Gasteiger partial charge in [0.05, 0.1) is 11.8 Å². The van der Waals surface area contributed by atoms with Gasteiger partial charge in [-0.25, -0.2) is 4.39 Å². The van der Waals surface area contributed by atoms with Crippen LogP contribution in [0.25, 0.3) is 0 Å². The van der Waals surface area contributed by atoms with Crippen LogP contribution in [0.1, 0.15) is 24.0 Å². The first-order valence-electron chi connectivity index (χ1n) is 9.55. The van der Waals surface area contributed by atoms with Crippen molar-refractivity contribution < 1.29 is 14.0 Å². The molecule has 1 fully saturated rings. The number of hydrogen-bond acceptors (Lipinski definition) is 2. The summed E-state index contributed by atoms with van der Waals surface area (Å²) in [6.45, 7) is 1.09. The lowest BCUT2D eigenvalue weighted by atomic mass is 10.0. The van der Waals surface area contributed by atoms with Gasteiger partial charge in [0.1, 0.15) is 5.82 Å². The molecule has 1 aliphatic carbocycles. The second kappa shape index (κ2) is 7.51. The number of carbonyl (C=O) groups is 2. The highest BCUT2D eigenvalue weighted by atomic mass is 19.1. The van der Waals surface area contributed by atoms with Crippen LogP contribution in [0.4, 0.5) is 10.1 Å². The Morgan fingerprint density at radius 2 is 1.85 bits per heavy atom. The number of amides is 2. The van der Waals surface area contributed by atoms with E-state index in [4.69, 9.17) is 0 Å². The fraction of sp³-hybridized carbons (Fsp3) is 0.364. The molecule has 0 bridgehead atoms. The molecule has 2 aromatic carbocycles. The lowest BCUT2D eigenvalue weighted by Crippen LogP contribution is -2.38. The minimum Gasteiger partial charge on any atom is -0.356 e. The summed E-state index contributed by atoms with van der Waals surface area (Å²) in [5.74, 6) is -0.793. The topological polar surface area (TPSA) is 49.4 Å². The SMILES string of the molecule is O=C(NCCc1ccccc1F)C1CC1C(=O)N1CCCc2ccccc21. The summed E-state index contributed by atoms with van der Waals surface area (Å²) >= 11 is 0. The van der Waals surface area contributed by atoms with Gasteiger partial charge < -0.3 is 10.2 Å². The zero-order valence-electron chi connectivity index (χ0n) is 15.2. The molecule has 1 N–H and O–H groups in total. The molecule has 0 spiro atoms. The number of halogens is 1. The van der Waals surface area contributed by atoms with Crippen molar-refractivity contribution in [3.63, 3.8) is 0 Å². The van der Waals surface area contributed by atoms with E-state index in [2.05, 4.69) is 11.4 Å². The van der Waals surface area contributed by atoms with Crippen LogP contribution in [0.3, 0.4) is 0 Å². The van der Waals surface area contributed by atoms with Gasteiger partial charge in [0.2, 0.25) is 11.8 Å². The Kier molecular flexibility index (Phi) is 4.92. The third-order valence-electron chi connectivity index (χ3n) is 5.47. The zero-order chi connectivity index (χ0) is 18.8. The van der Waals surface area contributed by atoms with Crippen molar-refractivity contribution in [3.8, 4) is 0 Å². The molecule has 0 saturated heterocycles. The Hall–Kier alpha value is -2.69. The van der Waals surface area contributed by atoms with Crippen LogP contribution < -0.4 is 10.2 Å². The smallest absolute Gasteiger partial charge is 0.230 e. The van der Waals surface area contributed by atoms with Crippen molar-refractivity contribution in [2.45, 2.75) is 25.7 Å². The van der Waals surface area contributed by atoms with Crippen molar-refractivity contribution in [1.82, 2.24) is 5.32 Å². The molecule has 0 radical (unpaired) electrons. The number of hydrogen-bond donors (Lipinski definition) is 1. The number of carbonyl (C=O) groups excluding carboxylic acids is 2. The first-order valence-corrected chi connectivity index (χ1v) is 9.55. The van der Waals surface area contributed by atoms with Gasteiger partial charge in [-0.1, -0.05) is 36.4 Å². The van der Waals surface area contributed by atoms with E-state index in [0.29, 0.717) is 31.5 Å². The Labute approximate surface area is 158 Å². The van der Waals surface area contributed by atoms with Gasteiger partial charge in [-0.15, -0.1) is 0 Å². The summed E-state index contributed by atoms with van der Waals surface area (Å²) < 4.78 is 13.6. The molecule has 2 unspecified atom stereocenters. The Bertz CT molecular complexity index is 867. The van der Waals surface area contributed by atoms with E-state index in [0.717, 1.165) is 18.5 Å². The fourth-order valence-electron chi connectivity index (χ4n) is 3.87. The maximum Gasteiger partial charge on any atom is 0.230 e. The number of aryl methyl sites for hydroxylation is 1. The average Bonchev–Trinajstić information content (AvgIpc) is 3.49. The maximum absolute atomic E-state index is 13.6. The predicted octanol–water partition coefficient (Wildman–Crippen LogP) is 3.10. The van der Waals surface area contributed by atoms with Crippen LogP contribution >= 0.6 is 0 Å². The zero-order valence-corrected chi connectivity index (χ0v) is 15.2. The highest BCUT2D eigenvalue weighted by Gasteiger charge is 2.49. The Morgan fingerprint density at radius 3 is 2.70 bits per heavy atom. The van der Waals surface area contributed by atoms with Crippen LogP contribution in [-0.4, -0.2) is 24.9 Å². The summed E-state index contributed by atoms with van der Waals surface area (Å²) in [5.41, 5.74) is 2.77. The largest absolute Gasteiger partial charge is 0.356 e. The monoisotopic (exact) mass is 366 g/mol. The molecule has 4 nitrogen and oxygen atoms in total. The first-order chi connectivity index (χ1) is 13.1. The summed E-state index contributed by atoms with van der Waals surface area (Å²) in [6, 6.07) is 14.6. The van der Waals surface area contributed by atoms with Crippen molar-refractivity contribution in [1.29, 1.82) is 0 Å². The first kappa shape index (κ1) is 17.7. The molecule has 2 aromatic rings. The van der Waals surface area contributed by atoms with Crippen molar-refractivity contribution in [2.24, 2.45) is 11.8 Å². The van der Waals surface area contributed by atoms with Crippen molar-refractivity contribution in [3.05, 3.63) is 65.5 Å². The standard InChI is InChI=1S/C22H23FN2O2/c23-19-9-3-1-6-15(19)11-12-24-21(26)17-14-18(17)22(27)25-13-5-8-16-7-2-4-10-20(16)25/h1-4,6-7,9-10,17-18H,5,8,11-14H2,(H,24,26). The van der Waals surface area contributed by atoms with E-state index in [-0.39, 0.29) is 29.5 Å². The molecule has 1 saturated carbocycles. The summed E-state index contributed by atoms with van der Waals surface area (Å²) in [5, 5.41) is 2.85. The highest BCUT2D eigenvalue weighted by Crippen LogP contribution is 2.42. The lowest BCUT2D eigenvalue weighted by molar-refractivity contribution is -0.126. The van der Waals surface area contributed by atoms with Gasteiger partial charge in [0, 0.05) is 18.8 Å². The fourth-order valence-corrected chi connectivity index (χ4v) is 3.87. The van der Waals surface area contributed by atoms with Crippen LogP contribution in [-0.2, 0) is 22.4 Å². The molecule has 1 heterocycles. The Balaban J connectivity index is 1.31. The summed E-state index contributed by atoms with van der Waals surface area (Å²) in [7, 11) is 0. The third kappa shape index (κ3) is 3.72. The second-order valence-corrected chi connectivity index (χ2v) is 7.30. The molecule has 0 aromatic heterocycles. The highest BCUT2D eigenvalue weighted by molar-refractivity contribution is 6.01. The van der Waals surface area contributed by atoms with Gasteiger partial charge >= 0.3 is 0 Å². The lowest BCUT2D eigenvalue weighted by Gasteiger charge is -2.29. The van der Waals surface area contributed by atoms with Gasteiger partial charge in [-0.2, -0.15) is 0 Å². The molecular weight excluding hydrogens is 343 g/mol. The van der Waals surface area contributed by atoms with Crippen molar-refractivity contribution in [2.75, 3.05) is 18.0 Å². The quantitative estimate of drug-likeness (QED) is 0.884. The second-order valence-electron chi connectivity index (χ2n) is 7.30. The molecule has 2 amide bonds. The third-order valence-corrected chi connectivity index (χ3v) is 5.47. The maximum atomic E-state index is 13.6. The number of benzene rings is 2. The number of nitrogens with one attached hydrogen (secondary N) is 1. The van der Waals surface area contributed by atoms with E-state index in [1.807, 2.05) is 23.1 Å². The van der Waals surface area contributed by atoms with Gasteiger partial charge in [0.25, 0.3) is 0 Å². The molecular formula is C22H23FN2O2. The molecule has 5 heteroatoms. The molecule has 2 atom stereocenters. The number of para-hydroxylation sites is 1. The number of nitrogens with zero attached hydrogens (tertiary/aromatic N) is 1. The van der Waals surface area contributed by atoms with Gasteiger partial charge in [-0.05, 0) is 48.9 Å². The molecule has 27 heavy (non-hydrogen) atoms. The van der Waals surface area contributed by atoms with E-state index >= 15 is 0 Å². The Morgan fingerprint density at radius 1 is 1.07 bits per heavy atom. The molecule has 2 aliphatic rings. The normalized spacial score (nSPS) is 20.7. The van der Waals surface area contributed by atoms with E-state index in [1.165, 1.54) is 11.6 Å². The van der Waals surface area contributed by atoms with Gasteiger partial charge in [-0.3, -0.25) is 9.59 Å². The van der Waals surface area contributed by atoms with Gasteiger partial charge in [0.15, 0.2) is 0 Å². The van der Waals surface area contributed by atoms with E-state index in [9.17, 15) is 14.0 Å². The minimum absolute atomic E-state index is 0.0522. The number of fused-ring (bicyclic) bond motifs is 1. The van der Waals surface area contributed by atoms with Crippen LogP contribution in [0.2, 0.25) is 0 Å². The van der Waals surface area contributed by atoms with Crippen LogP contribution in [0, 0.1) is 17.7 Å². The van der Waals surface area contributed by atoms with Crippen LogP contribution in [0.5, 0.6) is 0 Å². The van der Waals surface area contributed by atoms with E-state index < -0.39 is 0 Å².